The number of hydrogen-bond acceptors (Lipinski definition) is 2. The summed E-state index contributed by atoms with van der Waals surface area (Å²) in [6.45, 7) is 3.41. The summed E-state index contributed by atoms with van der Waals surface area (Å²) < 4.78 is 2.29. The molecule has 12 heavy (non-hydrogen) atoms. The van der Waals surface area contributed by atoms with Gasteiger partial charge in [0.2, 0.25) is 0 Å². The second-order valence-corrected chi connectivity index (χ2v) is 3.39. The molecule has 0 aliphatic rings. The molecule has 0 saturated carbocycles. The Labute approximate surface area is 78.3 Å². The molecule has 0 spiro atoms. The lowest BCUT2D eigenvalue weighted by Gasteiger charge is -2.08. The lowest BCUT2D eigenvalue weighted by molar-refractivity contribution is -0.140. The topological polar surface area (TPSA) is 55.1 Å². The maximum Gasteiger partial charge on any atom is 0.328 e. The van der Waals surface area contributed by atoms with E-state index in [9.17, 15) is 4.79 Å². The summed E-state index contributed by atoms with van der Waals surface area (Å²) >= 11 is 3.26. The maximum atomic E-state index is 10.6. The third-order valence-corrected chi connectivity index (χ3v) is 2.49. The molecule has 1 aromatic heterocycles. The molecule has 4 nitrogen and oxygen atoms in total. The average Bonchev–Trinajstić information content (AvgIpc) is 2.32. The van der Waals surface area contributed by atoms with Gasteiger partial charge in [-0.1, -0.05) is 0 Å². The summed E-state index contributed by atoms with van der Waals surface area (Å²) in [7, 11) is 0. The summed E-state index contributed by atoms with van der Waals surface area (Å²) in [5, 5.41) is 12.6. The van der Waals surface area contributed by atoms with E-state index >= 15 is 0 Å². The molecule has 0 bridgehead atoms. The van der Waals surface area contributed by atoms with Crippen LogP contribution in [-0.2, 0) is 4.79 Å². The molecule has 1 aromatic rings. The highest BCUT2D eigenvalue weighted by Crippen LogP contribution is 2.18. The zero-order chi connectivity index (χ0) is 9.30. The number of aliphatic carboxylic acids is 1. The predicted octanol–water partition coefficient (Wildman–Crippen LogP) is 1.60. The molecule has 5 heteroatoms. The van der Waals surface area contributed by atoms with E-state index < -0.39 is 12.0 Å². The van der Waals surface area contributed by atoms with E-state index in [0.717, 1.165) is 10.2 Å². The Morgan fingerprint density at radius 2 is 2.42 bits per heavy atom. The minimum atomic E-state index is -0.881. The number of aromatic nitrogens is 2. The lowest BCUT2D eigenvalue weighted by Crippen LogP contribution is -2.17. The van der Waals surface area contributed by atoms with Crippen LogP contribution < -0.4 is 0 Å². The van der Waals surface area contributed by atoms with E-state index in [-0.39, 0.29) is 0 Å². The first-order valence-electron chi connectivity index (χ1n) is 3.46. The van der Waals surface area contributed by atoms with Gasteiger partial charge >= 0.3 is 5.97 Å². The van der Waals surface area contributed by atoms with Crippen molar-refractivity contribution in [2.75, 3.05) is 0 Å². The Morgan fingerprint density at radius 1 is 1.83 bits per heavy atom. The molecule has 0 aliphatic carbocycles. The first kappa shape index (κ1) is 9.25. The number of rotatable bonds is 2. The van der Waals surface area contributed by atoms with E-state index in [2.05, 4.69) is 21.0 Å². The summed E-state index contributed by atoms with van der Waals surface area (Å²) in [5.74, 6) is -0.881. The summed E-state index contributed by atoms with van der Waals surface area (Å²) in [6.07, 6.45) is 1.59. The zero-order valence-electron chi connectivity index (χ0n) is 6.78. The van der Waals surface area contributed by atoms with Gasteiger partial charge in [0.05, 0.1) is 16.4 Å². The van der Waals surface area contributed by atoms with Crippen molar-refractivity contribution in [3.8, 4) is 0 Å². The Bertz CT molecular complexity index is 308. The Hall–Kier alpha value is -0.840. The molecule has 0 amide bonds. The fraction of sp³-hybridized carbons (Fsp3) is 0.429. The van der Waals surface area contributed by atoms with Crippen molar-refractivity contribution in [3.63, 3.8) is 0 Å². The van der Waals surface area contributed by atoms with Crippen LogP contribution in [0.15, 0.2) is 10.7 Å². The summed E-state index contributed by atoms with van der Waals surface area (Å²) in [6, 6.07) is -0.615. The molecular weight excluding hydrogens is 224 g/mol. The number of hydrogen-bond donors (Lipinski definition) is 1. The van der Waals surface area contributed by atoms with Crippen LogP contribution in [0.1, 0.15) is 18.7 Å². The normalized spacial score (nSPS) is 12.9. The van der Waals surface area contributed by atoms with Crippen LogP contribution in [0.25, 0.3) is 0 Å². The third-order valence-electron chi connectivity index (χ3n) is 1.71. The number of carbonyl (C=O) groups is 1. The van der Waals surface area contributed by atoms with Crippen molar-refractivity contribution in [2.45, 2.75) is 19.9 Å². The fourth-order valence-corrected chi connectivity index (χ4v) is 1.17. The van der Waals surface area contributed by atoms with E-state index in [0.29, 0.717) is 0 Å². The Kier molecular flexibility index (Phi) is 2.52. The second-order valence-electron chi connectivity index (χ2n) is 2.54. The third kappa shape index (κ3) is 1.50. The molecule has 0 radical (unpaired) electrons. The number of nitrogens with zero attached hydrogens (tertiary/aromatic N) is 2. The molecule has 1 rings (SSSR count). The average molecular weight is 233 g/mol. The van der Waals surface area contributed by atoms with Gasteiger partial charge in [0, 0.05) is 0 Å². The zero-order valence-corrected chi connectivity index (χ0v) is 8.37. The van der Waals surface area contributed by atoms with Crippen LogP contribution in [0.2, 0.25) is 0 Å². The first-order chi connectivity index (χ1) is 5.54. The van der Waals surface area contributed by atoms with E-state index in [1.54, 1.807) is 13.1 Å². The van der Waals surface area contributed by atoms with Gasteiger partial charge in [-0.25, -0.2) is 4.79 Å². The van der Waals surface area contributed by atoms with Crippen LogP contribution in [0.3, 0.4) is 0 Å². The fourth-order valence-electron chi connectivity index (χ4n) is 0.897. The molecule has 66 valence electrons. The number of halogens is 1. The Balaban J connectivity index is 3.03. The van der Waals surface area contributed by atoms with Crippen LogP contribution in [0, 0.1) is 6.92 Å². The van der Waals surface area contributed by atoms with E-state index in [1.807, 2.05) is 6.92 Å². The van der Waals surface area contributed by atoms with Crippen LogP contribution >= 0.6 is 15.9 Å². The van der Waals surface area contributed by atoms with E-state index in [1.165, 1.54) is 4.68 Å². The van der Waals surface area contributed by atoms with Gasteiger partial charge in [0.1, 0.15) is 6.04 Å². The molecule has 0 unspecified atom stereocenters. The smallest absolute Gasteiger partial charge is 0.328 e. The highest BCUT2D eigenvalue weighted by molar-refractivity contribution is 9.10. The van der Waals surface area contributed by atoms with Gasteiger partial charge in [-0.2, -0.15) is 5.10 Å². The van der Waals surface area contributed by atoms with Gasteiger partial charge in [-0.15, -0.1) is 0 Å². The van der Waals surface area contributed by atoms with Crippen molar-refractivity contribution in [1.29, 1.82) is 0 Å². The highest BCUT2D eigenvalue weighted by Gasteiger charge is 2.16. The van der Waals surface area contributed by atoms with Crippen molar-refractivity contribution >= 4 is 21.9 Å². The monoisotopic (exact) mass is 232 g/mol. The highest BCUT2D eigenvalue weighted by atomic mass is 79.9. The quantitative estimate of drug-likeness (QED) is 0.843. The van der Waals surface area contributed by atoms with Gasteiger partial charge in [-0.05, 0) is 29.8 Å². The molecule has 1 N–H and O–H groups in total. The molecular formula is C7H9BrN2O2. The molecule has 0 fully saturated rings. The molecule has 0 saturated heterocycles. The molecule has 0 aromatic carbocycles. The van der Waals surface area contributed by atoms with Crippen molar-refractivity contribution in [1.82, 2.24) is 9.78 Å². The summed E-state index contributed by atoms with van der Waals surface area (Å²) in [5.41, 5.74) is 0.824. The van der Waals surface area contributed by atoms with Crippen molar-refractivity contribution in [2.24, 2.45) is 0 Å². The first-order valence-corrected chi connectivity index (χ1v) is 4.25. The van der Waals surface area contributed by atoms with Crippen molar-refractivity contribution < 1.29 is 9.90 Å². The van der Waals surface area contributed by atoms with Gasteiger partial charge in [0.25, 0.3) is 0 Å². The molecule has 1 atom stereocenters. The van der Waals surface area contributed by atoms with E-state index in [4.69, 9.17) is 5.11 Å². The summed E-state index contributed by atoms with van der Waals surface area (Å²) in [4.78, 5) is 10.6. The van der Waals surface area contributed by atoms with Gasteiger partial charge in [0.15, 0.2) is 0 Å². The predicted molar refractivity (Wildman–Crippen MR) is 47.0 cm³/mol. The minimum absolute atomic E-state index is 0.615. The minimum Gasteiger partial charge on any atom is -0.480 e. The van der Waals surface area contributed by atoms with Crippen LogP contribution in [-0.4, -0.2) is 20.9 Å². The van der Waals surface area contributed by atoms with Crippen molar-refractivity contribution in [3.05, 3.63) is 16.4 Å². The molecule has 0 aliphatic heterocycles. The van der Waals surface area contributed by atoms with Gasteiger partial charge < -0.3 is 5.11 Å². The Morgan fingerprint density at radius 3 is 2.75 bits per heavy atom. The SMILES string of the molecule is Cc1c(Br)cnn1[C@H](C)C(=O)O. The standard InChI is InChI=1S/C7H9BrN2O2/c1-4-6(8)3-9-10(4)5(2)7(11)12/h3,5H,1-2H3,(H,11,12)/t5-/m1/s1. The van der Waals surface area contributed by atoms with Crippen LogP contribution in [0.4, 0.5) is 0 Å². The van der Waals surface area contributed by atoms with Gasteiger partial charge in [-0.3, -0.25) is 4.68 Å². The number of carboxylic acids is 1. The number of carboxylic acid groups (broad SMARTS) is 1. The lowest BCUT2D eigenvalue weighted by atomic mass is 10.3. The van der Waals surface area contributed by atoms with Crippen LogP contribution in [0.5, 0.6) is 0 Å². The largest absolute Gasteiger partial charge is 0.480 e. The molecule has 1 heterocycles. The maximum absolute atomic E-state index is 10.6. The second kappa shape index (κ2) is 3.26.